The number of thiocarbonyl (C=S) groups is 1. The topological polar surface area (TPSA) is 130 Å². The van der Waals surface area contributed by atoms with Gasteiger partial charge in [-0.2, -0.15) is 8.42 Å². The summed E-state index contributed by atoms with van der Waals surface area (Å²) in [6, 6.07) is 19.9. The Bertz CT molecular complexity index is 1890. The summed E-state index contributed by atoms with van der Waals surface area (Å²) in [5, 5.41) is 5.12. The molecule has 4 heterocycles. The summed E-state index contributed by atoms with van der Waals surface area (Å²) in [4.78, 5) is 13.3. The summed E-state index contributed by atoms with van der Waals surface area (Å²) in [7, 11) is -4.02. The lowest BCUT2D eigenvalue weighted by atomic mass is 10.2. The molecular formula is C30H29N5O6S2. The quantitative estimate of drug-likeness (QED) is 0.216. The molecule has 5 aromatic rings. The molecule has 0 atom stereocenters. The fourth-order valence-corrected chi connectivity index (χ4v) is 5.64. The van der Waals surface area contributed by atoms with Crippen LogP contribution in [0.3, 0.4) is 0 Å². The molecule has 11 nitrogen and oxygen atoms in total. The highest BCUT2D eigenvalue weighted by atomic mass is 32.2. The van der Waals surface area contributed by atoms with Crippen LogP contribution in [-0.4, -0.2) is 65.9 Å². The maximum atomic E-state index is 10.5. The van der Waals surface area contributed by atoms with Gasteiger partial charge < -0.3 is 29.0 Å². The molecular weight excluding hydrogens is 590 g/mol. The van der Waals surface area contributed by atoms with Gasteiger partial charge in [0, 0.05) is 38.1 Å². The normalized spacial score (nSPS) is 14.5. The van der Waals surface area contributed by atoms with Gasteiger partial charge in [-0.3, -0.25) is 4.55 Å². The Kier molecular flexibility index (Phi) is 8.02. The van der Waals surface area contributed by atoms with Gasteiger partial charge in [0.05, 0.1) is 4.90 Å². The summed E-state index contributed by atoms with van der Waals surface area (Å²) in [6.07, 6.45) is 1.61. The number of anilines is 1. The van der Waals surface area contributed by atoms with E-state index < -0.39 is 10.1 Å². The van der Waals surface area contributed by atoms with Crippen LogP contribution < -0.4 is 19.7 Å². The highest BCUT2D eigenvalue weighted by Gasteiger charge is 2.24. The second kappa shape index (κ2) is 12.0. The third-order valence-electron chi connectivity index (χ3n) is 7.21. The Morgan fingerprint density at radius 1 is 0.977 bits per heavy atom. The Balaban J connectivity index is 0.000000254. The van der Waals surface area contributed by atoms with Crippen molar-refractivity contribution in [3.63, 3.8) is 0 Å². The van der Waals surface area contributed by atoms with E-state index in [1.807, 2.05) is 49.4 Å². The van der Waals surface area contributed by atoms with Crippen LogP contribution in [0.1, 0.15) is 11.1 Å². The number of para-hydroxylation sites is 1. The molecule has 0 bridgehead atoms. The van der Waals surface area contributed by atoms with Gasteiger partial charge in [-0.1, -0.05) is 35.9 Å². The number of aryl methyl sites for hydroxylation is 1. The lowest BCUT2D eigenvalue weighted by molar-refractivity contribution is 0.174. The second-order valence-corrected chi connectivity index (χ2v) is 11.9. The van der Waals surface area contributed by atoms with Gasteiger partial charge in [0.1, 0.15) is 17.4 Å². The third-order valence-corrected chi connectivity index (χ3v) is 8.48. The van der Waals surface area contributed by atoms with Crippen molar-refractivity contribution in [2.45, 2.75) is 18.4 Å². The highest BCUT2D eigenvalue weighted by molar-refractivity contribution is 7.85. The van der Waals surface area contributed by atoms with Gasteiger partial charge in [0.25, 0.3) is 10.1 Å². The highest BCUT2D eigenvalue weighted by Crippen LogP contribution is 2.33. The zero-order chi connectivity index (χ0) is 30.0. The molecule has 2 aliphatic heterocycles. The number of aromatic nitrogens is 2. The van der Waals surface area contributed by atoms with Gasteiger partial charge in [0.15, 0.2) is 28.0 Å². The molecule has 2 aliphatic rings. The summed E-state index contributed by atoms with van der Waals surface area (Å²) < 4.78 is 46.5. The van der Waals surface area contributed by atoms with Crippen molar-refractivity contribution in [3.8, 4) is 11.5 Å². The van der Waals surface area contributed by atoms with Crippen LogP contribution >= 0.6 is 12.2 Å². The van der Waals surface area contributed by atoms with Crippen LogP contribution in [0.25, 0.3) is 22.1 Å². The van der Waals surface area contributed by atoms with Crippen LogP contribution in [0.15, 0.2) is 82.4 Å². The molecule has 13 heteroatoms. The molecule has 3 aromatic carbocycles. The van der Waals surface area contributed by atoms with Crippen molar-refractivity contribution >= 4 is 55.3 Å². The van der Waals surface area contributed by atoms with E-state index in [9.17, 15) is 8.42 Å². The lowest BCUT2D eigenvalue weighted by Crippen LogP contribution is -2.51. The lowest BCUT2D eigenvalue weighted by Gasteiger charge is -2.36. The number of nitrogens with zero attached hydrogens (tertiary/aromatic N) is 4. The summed E-state index contributed by atoms with van der Waals surface area (Å²) >= 11 is 5.64. The number of furan rings is 1. The molecule has 0 amide bonds. The average molecular weight is 620 g/mol. The third kappa shape index (κ3) is 6.33. The fraction of sp³-hybridized carbons (Fsp3) is 0.233. The molecule has 1 saturated heterocycles. The summed E-state index contributed by atoms with van der Waals surface area (Å²) in [5.74, 6) is 2.41. The minimum Gasteiger partial charge on any atom is -0.454 e. The van der Waals surface area contributed by atoms with E-state index in [4.69, 9.17) is 30.7 Å². The number of hydrogen-bond donors (Lipinski definition) is 2. The Morgan fingerprint density at radius 3 is 2.49 bits per heavy atom. The predicted molar refractivity (Wildman–Crippen MR) is 166 cm³/mol. The smallest absolute Gasteiger partial charge is 0.294 e. The van der Waals surface area contributed by atoms with Crippen molar-refractivity contribution in [1.82, 2.24) is 20.2 Å². The Morgan fingerprint density at radius 2 is 1.72 bits per heavy atom. The molecule has 0 radical (unpaired) electrons. The maximum Gasteiger partial charge on any atom is 0.294 e. The van der Waals surface area contributed by atoms with Crippen molar-refractivity contribution in [2.24, 2.45) is 0 Å². The van der Waals surface area contributed by atoms with E-state index in [-0.39, 0.29) is 11.7 Å². The molecule has 0 aliphatic carbocycles. The van der Waals surface area contributed by atoms with Crippen LogP contribution in [0.2, 0.25) is 0 Å². The van der Waals surface area contributed by atoms with Gasteiger partial charge >= 0.3 is 0 Å². The number of nitrogens with one attached hydrogen (secondary N) is 1. The van der Waals surface area contributed by atoms with Crippen LogP contribution in [-0.2, 0) is 16.7 Å². The molecule has 1 fully saturated rings. The van der Waals surface area contributed by atoms with E-state index in [1.54, 1.807) is 18.5 Å². The summed E-state index contributed by atoms with van der Waals surface area (Å²) in [6.45, 7) is 5.97. The number of fused-ring (bicyclic) bond motifs is 4. The SMILES string of the molecule is Cc1ccc(S(=O)(=O)O)cc1.S=C(NCc1ccc2c(c1)OCO2)N1CCN(c2ncnc3c2oc2ccccc23)CC1. The first kappa shape index (κ1) is 28.6. The molecule has 0 spiro atoms. The van der Waals surface area contributed by atoms with Crippen molar-refractivity contribution in [3.05, 3.63) is 84.2 Å². The van der Waals surface area contributed by atoms with E-state index in [1.165, 1.54) is 12.1 Å². The van der Waals surface area contributed by atoms with E-state index >= 15 is 0 Å². The van der Waals surface area contributed by atoms with Gasteiger partial charge in [-0.15, -0.1) is 0 Å². The van der Waals surface area contributed by atoms with Crippen molar-refractivity contribution in [2.75, 3.05) is 37.9 Å². The predicted octanol–water partition coefficient (Wildman–Crippen LogP) is 4.54. The average Bonchev–Trinajstić information content (AvgIpc) is 3.64. The van der Waals surface area contributed by atoms with Gasteiger partial charge in [-0.25, -0.2) is 9.97 Å². The largest absolute Gasteiger partial charge is 0.454 e. The first-order chi connectivity index (χ1) is 20.8. The Hall–Kier alpha value is -4.46. The molecule has 2 N–H and O–H groups in total. The minimum absolute atomic E-state index is 0.0666. The maximum absolute atomic E-state index is 10.5. The van der Waals surface area contributed by atoms with Gasteiger partial charge in [-0.05, 0) is 61.1 Å². The molecule has 0 saturated carbocycles. The first-order valence-corrected chi connectivity index (χ1v) is 15.4. The number of piperazine rings is 1. The standard InChI is InChI=1S/C23H21N5O3S.C7H8O3S/c32-23(24-12-15-5-6-18-19(11-15)30-14-29-18)28-9-7-27(8-10-28)22-21-20(25-13-26-22)16-3-1-2-4-17(16)31-21;1-6-2-4-7(5-3-6)11(8,9)10/h1-6,11,13H,7-10,12,14H2,(H,24,32);2-5H,1H3,(H,8,9,10). The Labute approximate surface area is 253 Å². The molecule has 7 rings (SSSR count). The van der Waals surface area contributed by atoms with Crippen molar-refractivity contribution in [1.29, 1.82) is 0 Å². The monoisotopic (exact) mass is 619 g/mol. The van der Waals surface area contributed by atoms with Crippen LogP contribution in [0.4, 0.5) is 5.82 Å². The molecule has 2 aromatic heterocycles. The number of ether oxygens (including phenoxy) is 2. The first-order valence-electron chi connectivity index (χ1n) is 13.6. The zero-order valence-corrected chi connectivity index (χ0v) is 24.9. The number of benzene rings is 3. The fourth-order valence-electron chi connectivity index (χ4n) is 4.91. The molecule has 222 valence electrons. The number of hydrogen-bond acceptors (Lipinski definition) is 9. The number of rotatable bonds is 4. The van der Waals surface area contributed by atoms with E-state index in [2.05, 4.69) is 25.1 Å². The minimum atomic E-state index is -4.02. The van der Waals surface area contributed by atoms with E-state index in [0.717, 1.165) is 81.8 Å². The van der Waals surface area contributed by atoms with Crippen LogP contribution in [0.5, 0.6) is 11.5 Å². The molecule has 0 unspecified atom stereocenters. The second-order valence-electron chi connectivity index (χ2n) is 10.1. The van der Waals surface area contributed by atoms with Crippen molar-refractivity contribution < 1.29 is 26.9 Å². The molecule has 43 heavy (non-hydrogen) atoms. The van der Waals surface area contributed by atoms with Gasteiger partial charge in [0.2, 0.25) is 6.79 Å². The van der Waals surface area contributed by atoms with E-state index in [0.29, 0.717) is 6.54 Å². The summed E-state index contributed by atoms with van der Waals surface area (Å²) in [5.41, 5.74) is 4.48. The van der Waals surface area contributed by atoms with Crippen LogP contribution in [0, 0.1) is 6.92 Å². The zero-order valence-electron chi connectivity index (χ0n) is 23.3.